The van der Waals surface area contributed by atoms with E-state index in [9.17, 15) is 0 Å². The van der Waals surface area contributed by atoms with Crippen molar-refractivity contribution in [1.82, 2.24) is 0 Å². The normalized spacial score (nSPS) is 12.4. The van der Waals surface area contributed by atoms with Crippen molar-refractivity contribution in [3.63, 3.8) is 0 Å². The molecule has 0 aliphatic rings. The number of rotatable bonds is 8. The molecule has 0 aromatic heterocycles. The van der Waals surface area contributed by atoms with Crippen LogP contribution in [-0.4, -0.2) is 11.4 Å². The van der Waals surface area contributed by atoms with E-state index in [2.05, 4.69) is 22.9 Å². The summed E-state index contributed by atoms with van der Waals surface area (Å²) in [6, 6.07) is 10.0. The van der Waals surface area contributed by atoms with Crippen molar-refractivity contribution >= 4 is 15.9 Å². The molecule has 0 aliphatic heterocycles. The Morgan fingerprint density at radius 3 is 2.56 bits per heavy atom. The topological polar surface area (TPSA) is 9.23 Å². The van der Waals surface area contributed by atoms with Crippen molar-refractivity contribution in [3.05, 3.63) is 30.3 Å². The first kappa shape index (κ1) is 13.6. The smallest absolute Gasteiger partial charge is 0.119 e. The van der Waals surface area contributed by atoms with Gasteiger partial charge in [-0.05, 0) is 31.4 Å². The third-order valence-corrected chi connectivity index (χ3v) is 3.72. The SMILES string of the molecule is CCC(Br)CCCCCOc1ccccc1. The molecule has 0 bridgehead atoms. The molecule has 1 atom stereocenters. The molecule has 0 aliphatic carbocycles. The Labute approximate surface area is 107 Å². The number of alkyl halides is 1. The zero-order valence-corrected chi connectivity index (χ0v) is 11.6. The molecule has 0 fully saturated rings. The Morgan fingerprint density at radius 1 is 1.12 bits per heavy atom. The molecule has 16 heavy (non-hydrogen) atoms. The molecular weight excluding hydrogens is 264 g/mol. The van der Waals surface area contributed by atoms with Gasteiger partial charge in [-0.15, -0.1) is 0 Å². The summed E-state index contributed by atoms with van der Waals surface area (Å²) in [5, 5.41) is 0. The maximum Gasteiger partial charge on any atom is 0.119 e. The number of hydrogen-bond donors (Lipinski definition) is 0. The van der Waals surface area contributed by atoms with Gasteiger partial charge in [0.05, 0.1) is 6.61 Å². The fraction of sp³-hybridized carbons (Fsp3) is 0.571. The molecule has 0 saturated carbocycles. The Morgan fingerprint density at radius 2 is 1.88 bits per heavy atom. The number of hydrogen-bond acceptors (Lipinski definition) is 1. The highest BCUT2D eigenvalue weighted by Gasteiger charge is 1.99. The van der Waals surface area contributed by atoms with Gasteiger partial charge in [0.25, 0.3) is 0 Å². The summed E-state index contributed by atoms with van der Waals surface area (Å²) in [5.41, 5.74) is 0. The molecule has 1 aromatic carbocycles. The third-order valence-electron chi connectivity index (χ3n) is 2.62. The van der Waals surface area contributed by atoms with E-state index in [1.165, 1.54) is 25.7 Å². The monoisotopic (exact) mass is 284 g/mol. The van der Waals surface area contributed by atoms with Gasteiger partial charge in [-0.1, -0.05) is 53.9 Å². The molecule has 1 nitrogen and oxygen atoms in total. The fourth-order valence-corrected chi connectivity index (χ4v) is 1.88. The highest BCUT2D eigenvalue weighted by Crippen LogP contribution is 2.14. The molecule has 1 unspecified atom stereocenters. The average molecular weight is 285 g/mol. The van der Waals surface area contributed by atoms with Crippen molar-refractivity contribution < 1.29 is 4.74 Å². The van der Waals surface area contributed by atoms with Gasteiger partial charge in [-0.3, -0.25) is 0 Å². The summed E-state index contributed by atoms with van der Waals surface area (Å²) in [6.45, 7) is 3.06. The Hall–Kier alpha value is -0.500. The van der Waals surface area contributed by atoms with E-state index in [1.54, 1.807) is 0 Å². The fourth-order valence-electron chi connectivity index (χ4n) is 1.56. The summed E-state index contributed by atoms with van der Waals surface area (Å²) < 4.78 is 5.63. The van der Waals surface area contributed by atoms with Crippen LogP contribution in [0.25, 0.3) is 0 Å². The van der Waals surface area contributed by atoms with Crippen LogP contribution in [-0.2, 0) is 0 Å². The van der Waals surface area contributed by atoms with Gasteiger partial charge >= 0.3 is 0 Å². The zero-order valence-electron chi connectivity index (χ0n) is 9.99. The van der Waals surface area contributed by atoms with Gasteiger partial charge in [-0.2, -0.15) is 0 Å². The second-order valence-corrected chi connectivity index (χ2v) is 5.31. The van der Waals surface area contributed by atoms with E-state index in [4.69, 9.17) is 4.74 Å². The molecule has 0 N–H and O–H groups in total. The van der Waals surface area contributed by atoms with Crippen LogP contribution >= 0.6 is 15.9 Å². The van der Waals surface area contributed by atoms with Crippen molar-refractivity contribution in [2.45, 2.75) is 43.9 Å². The van der Waals surface area contributed by atoms with Crippen LogP contribution in [0.15, 0.2) is 30.3 Å². The summed E-state index contributed by atoms with van der Waals surface area (Å²) >= 11 is 3.65. The Bertz CT molecular complexity index is 261. The molecule has 1 rings (SSSR count). The lowest BCUT2D eigenvalue weighted by molar-refractivity contribution is 0.304. The van der Waals surface area contributed by atoms with E-state index >= 15 is 0 Å². The summed E-state index contributed by atoms with van der Waals surface area (Å²) in [4.78, 5) is 0.697. The average Bonchev–Trinajstić information content (AvgIpc) is 2.34. The van der Waals surface area contributed by atoms with Crippen LogP contribution in [0.3, 0.4) is 0 Å². The third kappa shape index (κ3) is 6.16. The van der Waals surface area contributed by atoms with Crippen LogP contribution in [0, 0.1) is 0 Å². The quantitative estimate of drug-likeness (QED) is 0.492. The Kier molecular flexibility index (Phi) is 7.32. The van der Waals surface area contributed by atoms with E-state index in [-0.39, 0.29) is 0 Å². The minimum absolute atomic E-state index is 0.697. The van der Waals surface area contributed by atoms with E-state index in [0.717, 1.165) is 18.8 Å². The molecule has 0 amide bonds. The van der Waals surface area contributed by atoms with Gasteiger partial charge in [0.15, 0.2) is 0 Å². The first-order valence-electron chi connectivity index (χ1n) is 6.15. The number of benzene rings is 1. The van der Waals surface area contributed by atoms with Gasteiger partial charge in [0.1, 0.15) is 5.75 Å². The lowest BCUT2D eigenvalue weighted by atomic mass is 10.1. The van der Waals surface area contributed by atoms with Crippen LogP contribution in [0.1, 0.15) is 39.0 Å². The maximum atomic E-state index is 5.63. The van der Waals surface area contributed by atoms with Crippen molar-refractivity contribution in [2.24, 2.45) is 0 Å². The van der Waals surface area contributed by atoms with Crippen molar-refractivity contribution in [1.29, 1.82) is 0 Å². The number of unbranched alkanes of at least 4 members (excludes halogenated alkanes) is 2. The Balaban J connectivity index is 1.96. The molecule has 0 radical (unpaired) electrons. The summed E-state index contributed by atoms with van der Waals surface area (Å²) in [7, 11) is 0. The molecule has 0 spiro atoms. The van der Waals surface area contributed by atoms with Crippen LogP contribution in [0.4, 0.5) is 0 Å². The molecule has 1 aromatic rings. The second kappa shape index (κ2) is 8.63. The first-order chi connectivity index (χ1) is 7.83. The molecule has 90 valence electrons. The highest BCUT2D eigenvalue weighted by atomic mass is 79.9. The maximum absolute atomic E-state index is 5.63. The van der Waals surface area contributed by atoms with E-state index < -0.39 is 0 Å². The number of halogens is 1. The van der Waals surface area contributed by atoms with Gasteiger partial charge < -0.3 is 4.74 Å². The molecule has 2 heteroatoms. The van der Waals surface area contributed by atoms with Crippen LogP contribution in [0.2, 0.25) is 0 Å². The van der Waals surface area contributed by atoms with Crippen molar-refractivity contribution in [2.75, 3.05) is 6.61 Å². The predicted molar refractivity (Wildman–Crippen MR) is 73.4 cm³/mol. The summed E-state index contributed by atoms with van der Waals surface area (Å²) in [5.74, 6) is 0.981. The second-order valence-electron chi connectivity index (χ2n) is 4.02. The van der Waals surface area contributed by atoms with Crippen LogP contribution < -0.4 is 4.74 Å². The first-order valence-corrected chi connectivity index (χ1v) is 7.06. The lowest BCUT2D eigenvalue weighted by Crippen LogP contribution is -1.99. The van der Waals surface area contributed by atoms with Gasteiger partial charge in [0, 0.05) is 4.83 Å². The summed E-state index contributed by atoms with van der Waals surface area (Å²) in [6.07, 6.45) is 6.21. The van der Waals surface area contributed by atoms with Gasteiger partial charge in [0.2, 0.25) is 0 Å². The minimum atomic E-state index is 0.697. The van der Waals surface area contributed by atoms with E-state index in [0.29, 0.717) is 4.83 Å². The molecule has 0 heterocycles. The molecular formula is C14H21BrO. The zero-order chi connectivity index (χ0) is 11.6. The standard InChI is InChI=1S/C14H21BrO/c1-2-13(15)9-5-4-8-12-16-14-10-6-3-7-11-14/h3,6-7,10-11,13H,2,4-5,8-9,12H2,1H3. The largest absolute Gasteiger partial charge is 0.494 e. The van der Waals surface area contributed by atoms with Crippen LogP contribution in [0.5, 0.6) is 5.75 Å². The molecule has 0 saturated heterocycles. The highest BCUT2D eigenvalue weighted by molar-refractivity contribution is 9.09. The number of ether oxygens (including phenoxy) is 1. The minimum Gasteiger partial charge on any atom is -0.494 e. The number of para-hydroxylation sites is 1. The van der Waals surface area contributed by atoms with E-state index in [1.807, 2.05) is 30.3 Å². The predicted octanol–water partition coefficient (Wildman–Crippen LogP) is 4.80. The lowest BCUT2D eigenvalue weighted by Gasteiger charge is -2.07. The van der Waals surface area contributed by atoms with Gasteiger partial charge in [-0.25, -0.2) is 0 Å². The van der Waals surface area contributed by atoms with Crippen molar-refractivity contribution in [3.8, 4) is 5.75 Å².